The topological polar surface area (TPSA) is 49.5 Å². The van der Waals surface area contributed by atoms with E-state index in [1.165, 1.54) is 6.42 Å². The predicted octanol–water partition coefficient (Wildman–Crippen LogP) is 0.0363. The van der Waals surface area contributed by atoms with Gasteiger partial charge in [0.15, 0.2) is 0 Å². The highest BCUT2D eigenvalue weighted by molar-refractivity contribution is 4.87. The lowest BCUT2D eigenvalue weighted by Crippen LogP contribution is -2.44. The molecule has 0 radical (unpaired) electrons. The molecule has 12 heavy (non-hydrogen) atoms. The van der Waals surface area contributed by atoms with Gasteiger partial charge in [-0.2, -0.15) is 0 Å². The molecular weight excluding hydrogens is 152 g/mol. The highest BCUT2D eigenvalue weighted by atomic mass is 16.3. The van der Waals surface area contributed by atoms with Gasteiger partial charge in [0.05, 0.1) is 6.61 Å². The number of hydrogen-bond donors (Lipinski definition) is 2. The number of nitrogens with zero attached hydrogens (tertiary/aromatic N) is 1. The summed E-state index contributed by atoms with van der Waals surface area (Å²) in [5, 5.41) is 9.17. The van der Waals surface area contributed by atoms with E-state index >= 15 is 0 Å². The van der Waals surface area contributed by atoms with E-state index in [0.717, 1.165) is 6.54 Å². The van der Waals surface area contributed by atoms with E-state index in [1.54, 1.807) is 0 Å². The molecule has 1 aliphatic heterocycles. The number of aliphatic hydroxyl groups excluding tert-OH is 1. The van der Waals surface area contributed by atoms with Crippen LogP contribution in [-0.4, -0.2) is 41.8 Å². The molecule has 3 nitrogen and oxygen atoms in total. The van der Waals surface area contributed by atoms with Crippen molar-refractivity contribution in [2.24, 2.45) is 11.7 Å². The summed E-state index contributed by atoms with van der Waals surface area (Å²) >= 11 is 0. The second-order valence-electron chi connectivity index (χ2n) is 3.84. The van der Waals surface area contributed by atoms with Crippen molar-refractivity contribution >= 4 is 0 Å². The summed E-state index contributed by atoms with van der Waals surface area (Å²) in [6.07, 6.45) is 1.19. The maximum Gasteiger partial charge on any atom is 0.0589 e. The van der Waals surface area contributed by atoms with Crippen LogP contribution in [0.2, 0.25) is 0 Å². The van der Waals surface area contributed by atoms with Crippen LogP contribution < -0.4 is 5.73 Å². The molecule has 1 saturated heterocycles. The number of rotatable bonds is 3. The van der Waals surface area contributed by atoms with Gasteiger partial charge in [0.1, 0.15) is 0 Å². The maximum atomic E-state index is 9.17. The third kappa shape index (κ3) is 1.79. The van der Waals surface area contributed by atoms with Crippen LogP contribution >= 0.6 is 0 Å². The van der Waals surface area contributed by atoms with Crippen molar-refractivity contribution in [3.63, 3.8) is 0 Å². The zero-order chi connectivity index (χ0) is 9.14. The molecule has 1 heterocycles. The number of likely N-dealkylation sites (tertiary alicyclic amines) is 1. The van der Waals surface area contributed by atoms with Crippen LogP contribution in [0.1, 0.15) is 20.3 Å². The normalized spacial score (nSPS) is 34.0. The van der Waals surface area contributed by atoms with Crippen LogP contribution in [0.25, 0.3) is 0 Å². The monoisotopic (exact) mass is 172 g/mol. The Morgan fingerprint density at radius 2 is 2.33 bits per heavy atom. The molecular formula is C9H20N2O. The first-order chi connectivity index (χ1) is 5.70. The first-order valence-electron chi connectivity index (χ1n) is 4.77. The first kappa shape index (κ1) is 9.96. The number of aliphatic hydroxyl groups is 1. The lowest BCUT2D eigenvalue weighted by molar-refractivity contribution is 0.112. The molecule has 72 valence electrons. The van der Waals surface area contributed by atoms with Crippen LogP contribution in [0.3, 0.4) is 0 Å². The summed E-state index contributed by atoms with van der Waals surface area (Å²) in [6, 6.07) is 0.746. The van der Waals surface area contributed by atoms with Crippen molar-refractivity contribution in [2.45, 2.75) is 32.4 Å². The predicted molar refractivity (Wildman–Crippen MR) is 49.9 cm³/mol. The molecule has 1 rings (SSSR count). The van der Waals surface area contributed by atoms with Gasteiger partial charge in [-0.25, -0.2) is 0 Å². The Balaban J connectivity index is 2.53. The van der Waals surface area contributed by atoms with Crippen molar-refractivity contribution in [1.29, 1.82) is 0 Å². The molecule has 0 aromatic carbocycles. The van der Waals surface area contributed by atoms with Gasteiger partial charge >= 0.3 is 0 Å². The van der Waals surface area contributed by atoms with Crippen molar-refractivity contribution < 1.29 is 5.11 Å². The minimum atomic E-state index is 0.269. The molecule has 3 N–H and O–H groups in total. The summed E-state index contributed by atoms with van der Waals surface area (Å²) in [7, 11) is 0. The Kier molecular flexibility index (Phi) is 3.50. The highest BCUT2D eigenvalue weighted by Gasteiger charge is 2.32. The Hall–Kier alpha value is -0.120. The van der Waals surface area contributed by atoms with Crippen LogP contribution in [0.4, 0.5) is 0 Å². The van der Waals surface area contributed by atoms with Gasteiger partial charge in [0.25, 0.3) is 0 Å². The molecule has 3 unspecified atom stereocenters. The molecule has 0 spiro atoms. The average Bonchev–Trinajstić information content (AvgIpc) is 2.45. The van der Waals surface area contributed by atoms with Crippen LogP contribution in [-0.2, 0) is 0 Å². The smallest absolute Gasteiger partial charge is 0.0589 e. The second kappa shape index (κ2) is 4.21. The maximum absolute atomic E-state index is 9.17. The quantitative estimate of drug-likeness (QED) is 0.632. The van der Waals surface area contributed by atoms with Crippen LogP contribution in [0.5, 0.6) is 0 Å². The molecule has 1 aliphatic rings. The minimum Gasteiger partial charge on any atom is -0.395 e. The van der Waals surface area contributed by atoms with Gasteiger partial charge in [-0.15, -0.1) is 0 Å². The molecule has 3 atom stereocenters. The molecule has 0 aromatic rings. The van der Waals surface area contributed by atoms with Gasteiger partial charge < -0.3 is 10.8 Å². The lowest BCUT2D eigenvalue weighted by Gasteiger charge is -2.30. The van der Waals surface area contributed by atoms with E-state index in [0.29, 0.717) is 24.5 Å². The SMILES string of the molecule is CC1CCN(C(C)CN)C1CO. The third-order valence-corrected chi connectivity index (χ3v) is 3.02. The van der Waals surface area contributed by atoms with Gasteiger partial charge in [-0.05, 0) is 25.8 Å². The van der Waals surface area contributed by atoms with E-state index < -0.39 is 0 Å². The van der Waals surface area contributed by atoms with Gasteiger partial charge in [-0.1, -0.05) is 6.92 Å². The average molecular weight is 172 g/mol. The summed E-state index contributed by atoms with van der Waals surface area (Å²) < 4.78 is 0. The molecule has 0 aromatic heterocycles. The van der Waals surface area contributed by atoms with Crippen molar-refractivity contribution in [2.75, 3.05) is 19.7 Å². The van der Waals surface area contributed by atoms with Gasteiger partial charge in [-0.3, -0.25) is 4.90 Å². The summed E-state index contributed by atoms with van der Waals surface area (Å²) in [5.74, 6) is 0.615. The molecule has 0 saturated carbocycles. The lowest BCUT2D eigenvalue weighted by atomic mass is 10.0. The molecule has 0 aliphatic carbocycles. The van der Waals surface area contributed by atoms with Gasteiger partial charge in [0, 0.05) is 18.6 Å². The van der Waals surface area contributed by atoms with E-state index in [2.05, 4.69) is 18.7 Å². The highest BCUT2D eigenvalue weighted by Crippen LogP contribution is 2.24. The Morgan fingerprint density at radius 3 is 2.83 bits per heavy atom. The zero-order valence-corrected chi connectivity index (χ0v) is 8.03. The van der Waals surface area contributed by atoms with E-state index in [4.69, 9.17) is 10.8 Å². The van der Waals surface area contributed by atoms with Crippen molar-refractivity contribution in [1.82, 2.24) is 4.90 Å². The number of nitrogens with two attached hydrogens (primary N) is 1. The first-order valence-corrected chi connectivity index (χ1v) is 4.77. The molecule has 1 fully saturated rings. The van der Waals surface area contributed by atoms with Crippen LogP contribution in [0.15, 0.2) is 0 Å². The molecule has 3 heteroatoms. The number of hydrogen-bond acceptors (Lipinski definition) is 3. The van der Waals surface area contributed by atoms with E-state index in [1.807, 2.05) is 0 Å². The molecule has 0 amide bonds. The van der Waals surface area contributed by atoms with Crippen molar-refractivity contribution in [3.05, 3.63) is 0 Å². The minimum absolute atomic E-state index is 0.269. The second-order valence-corrected chi connectivity index (χ2v) is 3.84. The molecule has 0 bridgehead atoms. The Morgan fingerprint density at radius 1 is 1.67 bits per heavy atom. The van der Waals surface area contributed by atoms with E-state index in [9.17, 15) is 0 Å². The summed E-state index contributed by atoms with van der Waals surface area (Å²) in [4.78, 5) is 2.32. The summed E-state index contributed by atoms with van der Waals surface area (Å²) in [5.41, 5.74) is 5.59. The largest absolute Gasteiger partial charge is 0.395 e. The fourth-order valence-electron chi connectivity index (χ4n) is 2.01. The van der Waals surface area contributed by atoms with Gasteiger partial charge in [0.2, 0.25) is 0 Å². The zero-order valence-electron chi connectivity index (χ0n) is 8.03. The fourth-order valence-corrected chi connectivity index (χ4v) is 2.01. The third-order valence-electron chi connectivity index (χ3n) is 3.02. The van der Waals surface area contributed by atoms with E-state index in [-0.39, 0.29) is 6.61 Å². The standard InChI is InChI=1S/C9H20N2O/c1-7-3-4-11(8(2)5-10)9(7)6-12/h7-9,12H,3-6,10H2,1-2H3. The summed E-state index contributed by atoms with van der Waals surface area (Å²) in [6.45, 7) is 6.37. The van der Waals surface area contributed by atoms with Crippen molar-refractivity contribution in [3.8, 4) is 0 Å². The Bertz CT molecular complexity index is 140. The Labute approximate surface area is 74.5 Å². The van der Waals surface area contributed by atoms with Crippen LogP contribution in [0, 0.1) is 5.92 Å². The fraction of sp³-hybridized carbons (Fsp3) is 1.00.